The summed E-state index contributed by atoms with van der Waals surface area (Å²) in [5.41, 5.74) is 1.17. The molecule has 26 heavy (non-hydrogen) atoms. The topological polar surface area (TPSA) is 76.7 Å². The zero-order chi connectivity index (χ0) is 18.9. The third kappa shape index (κ3) is 6.12. The molecule has 0 aromatic heterocycles. The number of carbonyl (C=O) groups is 2. The summed E-state index contributed by atoms with van der Waals surface area (Å²) in [6, 6.07) is 14.2. The monoisotopic (exact) mass is 356 g/mol. The summed E-state index contributed by atoms with van der Waals surface area (Å²) in [6.07, 6.45) is 0. The Labute approximate surface area is 153 Å². The molecule has 0 radical (unpaired) electrons. The van der Waals surface area contributed by atoms with Gasteiger partial charge in [0.05, 0.1) is 0 Å². The fraction of sp³-hybridized carbons (Fsp3) is 0.300. The minimum absolute atomic E-state index is 0.165. The zero-order valence-electron chi connectivity index (χ0n) is 15.2. The van der Waals surface area contributed by atoms with Crippen LogP contribution in [-0.4, -0.2) is 31.0 Å². The van der Waals surface area contributed by atoms with Gasteiger partial charge in [-0.25, -0.2) is 0 Å². The number of hydrogen-bond donors (Lipinski definition) is 2. The van der Waals surface area contributed by atoms with Crippen molar-refractivity contribution >= 4 is 11.8 Å². The number of hydrogen-bond acceptors (Lipinski definition) is 4. The molecule has 0 bridgehead atoms. The molecule has 0 aliphatic heterocycles. The summed E-state index contributed by atoms with van der Waals surface area (Å²) >= 11 is 0. The Morgan fingerprint density at radius 2 is 1.50 bits per heavy atom. The molecule has 0 aliphatic carbocycles. The van der Waals surface area contributed by atoms with Crippen molar-refractivity contribution in [2.24, 2.45) is 0 Å². The van der Waals surface area contributed by atoms with E-state index in [9.17, 15) is 9.59 Å². The van der Waals surface area contributed by atoms with Crippen LogP contribution in [0.3, 0.4) is 0 Å². The van der Waals surface area contributed by atoms with Crippen molar-refractivity contribution in [3.63, 3.8) is 0 Å². The Morgan fingerprint density at radius 3 is 2.08 bits per heavy atom. The third-order valence-electron chi connectivity index (χ3n) is 3.57. The summed E-state index contributed by atoms with van der Waals surface area (Å²) in [4.78, 5) is 23.4. The molecule has 0 fully saturated rings. The summed E-state index contributed by atoms with van der Waals surface area (Å²) in [5, 5.41) is 5.23. The molecule has 2 N–H and O–H groups in total. The average molecular weight is 356 g/mol. The van der Waals surface area contributed by atoms with Gasteiger partial charge >= 0.3 is 0 Å². The number of nitrogens with one attached hydrogen (secondary N) is 2. The highest BCUT2D eigenvalue weighted by Crippen LogP contribution is 2.24. The molecule has 6 heteroatoms. The number of aryl methyl sites for hydroxylation is 1. The summed E-state index contributed by atoms with van der Waals surface area (Å²) in [6.45, 7) is 5.82. The molecular weight excluding hydrogens is 332 g/mol. The summed E-state index contributed by atoms with van der Waals surface area (Å²) in [7, 11) is 0. The van der Waals surface area contributed by atoms with E-state index in [1.165, 1.54) is 5.56 Å². The van der Waals surface area contributed by atoms with E-state index in [1.807, 2.05) is 38.1 Å². The second-order valence-corrected chi connectivity index (χ2v) is 5.86. The van der Waals surface area contributed by atoms with Crippen LogP contribution in [0.4, 0.5) is 0 Å². The normalized spacial score (nSPS) is 11.3. The van der Waals surface area contributed by atoms with Gasteiger partial charge in [0.15, 0.2) is 6.61 Å². The van der Waals surface area contributed by atoms with Crippen molar-refractivity contribution in [1.82, 2.24) is 10.6 Å². The molecule has 2 amide bonds. The molecule has 1 unspecified atom stereocenters. The maximum Gasteiger partial charge on any atom is 0.258 e. The fourth-order valence-corrected chi connectivity index (χ4v) is 2.17. The number of ether oxygens (including phenoxy) is 2. The SMILES string of the molecule is CCNC(=O)C(C)NC(=O)COc1ccc(Oc2ccc(C)cc2)cc1. The van der Waals surface area contributed by atoms with Gasteiger partial charge in [-0.1, -0.05) is 17.7 Å². The quantitative estimate of drug-likeness (QED) is 0.762. The average Bonchev–Trinajstić information content (AvgIpc) is 2.63. The molecule has 0 spiro atoms. The zero-order valence-corrected chi connectivity index (χ0v) is 15.2. The molecular formula is C20H24N2O4. The van der Waals surface area contributed by atoms with Gasteiger partial charge in [0.25, 0.3) is 5.91 Å². The van der Waals surface area contributed by atoms with Crippen molar-refractivity contribution in [3.05, 3.63) is 54.1 Å². The van der Waals surface area contributed by atoms with Crippen LogP contribution in [-0.2, 0) is 9.59 Å². The van der Waals surface area contributed by atoms with Crippen LogP contribution in [0.5, 0.6) is 17.2 Å². The maximum atomic E-state index is 11.8. The van der Waals surface area contributed by atoms with Gasteiger partial charge in [-0.15, -0.1) is 0 Å². The van der Waals surface area contributed by atoms with E-state index >= 15 is 0 Å². The van der Waals surface area contributed by atoms with E-state index in [0.29, 0.717) is 18.0 Å². The predicted octanol–water partition coefficient (Wildman–Crippen LogP) is 2.81. The smallest absolute Gasteiger partial charge is 0.258 e. The highest BCUT2D eigenvalue weighted by atomic mass is 16.5. The van der Waals surface area contributed by atoms with Crippen LogP contribution in [0.15, 0.2) is 48.5 Å². The van der Waals surface area contributed by atoms with E-state index < -0.39 is 6.04 Å². The van der Waals surface area contributed by atoms with Crippen molar-refractivity contribution < 1.29 is 19.1 Å². The number of amides is 2. The fourth-order valence-electron chi connectivity index (χ4n) is 2.17. The first-order valence-electron chi connectivity index (χ1n) is 8.52. The van der Waals surface area contributed by atoms with Crippen LogP contribution in [0.1, 0.15) is 19.4 Å². The Bertz CT molecular complexity index is 726. The van der Waals surface area contributed by atoms with E-state index in [0.717, 1.165) is 5.75 Å². The van der Waals surface area contributed by atoms with Crippen LogP contribution in [0.25, 0.3) is 0 Å². The number of rotatable bonds is 8. The molecule has 0 saturated heterocycles. The molecule has 2 aromatic rings. The maximum absolute atomic E-state index is 11.8. The molecule has 6 nitrogen and oxygen atoms in total. The molecule has 0 saturated carbocycles. The van der Waals surface area contributed by atoms with E-state index in [1.54, 1.807) is 31.2 Å². The first kappa shape index (κ1) is 19.3. The van der Waals surface area contributed by atoms with E-state index in [2.05, 4.69) is 10.6 Å². The van der Waals surface area contributed by atoms with E-state index in [4.69, 9.17) is 9.47 Å². The van der Waals surface area contributed by atoms with Crippen LogP contribution in [0.2, 0.25) is 0 Å². The number of likely N-dealkylation sites (N-methyl/N-ethyl adjacent to an activating group) is 1. The standard InChI is InChI=1S/C20H24N2O4/c1-4-21-20(24)15(3)22-19(23)13-25-16-9-11-18(12-10-16)26-17-7-5-14(2)6-8-17/h5-12,15H,4,13H2,1-3H3,(H,21,24)(H,22,23). The second-order valence-electron chi connectivity index (χ2n) is 5.86. The van der Waals surface area contributed by atoms with Gasteiger partial charge in [-0.3, -0.25) is 9.59 Å². The van der Waals surface area contributed by atoms with E-state index in [-0.39, 0.29) is 18.4 Å². The van der Waals surface area contributed by atoms with Gasteiger partial charge in [0.1, 0.15) is 23.3 Å². The highest BCUT2D eigenvalue weighted by molar-refractivity contribution is 5.87. The van der Waals surface area contributed by atoms with Gasteiger partial charge in [-0.2, -0.15) is 0 Å². The van der Waals surface area contributed by atoms with Gasteiger partial charge in [0.2, 0.25) is 5.91 Å². The van der Waals surface area contributed by atoms with Crippen LogP contribution in [0, 0.1) is 6.92 Å². The lowest BCUT2D eigenvalue weighted by Gasteiger charge is -2.14. The molecule has 2 aromatic carbocycles. The first-order chi connectivity index (χ1) is 12.5. The van der Waals surface area contributed by atoms with Crippen molar-refractivity contribution in [2.75, 3.05) is 13.2 Å². The second kappa shape index (κ2) is 9.46. The van der Waals surface area contributed by atoms with Gasteiger partial charge in [0, 0.05) is 6.54 Å². The molecule has 2 rings (SSSR count). The van der Waals surface area contributed by atoms with Gasteiger partial charge < -0.3 is 20.1 Å². The van der Waals surface area contributed by atoms with Crippen LogP contribution < -0.4 is 20.1 Å². The number of benzene rings is 2. The first-order valence-corrected chi connectivity index (χ1v) is 8.52. The summed E-state index contributed by atoms with van der Waals surface area (Å²) in [5.74, 6) is 1.39. The lowest BCUT2D eigenvalue weighted by atomic mass is 10.2. The van der Waals surface area contributed by atoms with Crippen molar-refractivity contribution in [1.29, 1.82) is 0 Å². The Hall–Kier alpha value is -3.02. The van der Waals surface area contributed by atoms with Crippen LogP contribution >= 0.6 is 0 Å². The Morgan fingerprint density at radius 1 is 0.962 bits per heavy atom. The lowest BCUT2D eigenvalue weighted by Crippen LogP contribution is -2.46. The minimum Gasteiger partial charge on any atom is -0.484 e. The predicted molar refractivity (Wildman–Crippen MR) is 99.5 cm³/mol. The lowest BCUT2D eigenvalue weighted by molar-refractivity contribution is -0.129. The van der Waals surface area contributed by atoms with Crippen molar-refractivity contribution in [3.8, 4) is 17.2 Å². The third-order valence-corrected chi connectivity index (χ3v) is 3.57. The molecule has 0 aliphatic rings. The Balaban J connectivity index is 1.80. The largest absolute Gasteiger partial charge is 0.484 e. The molecule has 0 heterocycles. The molecule has 1 atom stereocenters. The number of carbonyl (C=O) groups excluding carboxylic acids is 2. The Kier molecular flexibility index (Phi) is 7.02. The summed E-state index contributed by atoms with van der Waals surface area (Å²) < 4.78 is 11.2. The van der Waals surface area contributed by atoms with Crippen molar-refractivity contribution in [2.45, 2.75) is 26.8 Å². The minimum atomic E-state index is -0.601. The highest BCUT2D eigenvalue weighted by Gasteiger charge is 2.14. The molecule has 138 valence electrons. The van der Waals surface area contributed by atoms with Gasteiger partial charge in [-0.05, 0) is 57.2 Å².